The molecular weight excluding hydrogens is 404 g/mol. The Bertz CT molecular complexity index is 663. The van der Waals surface area contributed by atoms with Crippen molar-refractivity contribution >= 4 is 11.8 Å². The maximum atomic E-state index is 13.5. The summed E-state index contributed by atoms with van der Waals surface area (Å²) in [6, 6.07) is 2.88. The molecule has 2 unspecified atom stereocenters. The van der Waals surface area contributed by atoms with Crippen LogP contribution in [0.2, 0.25) is 0 Å². The highest BCUT2D eigenvalue weighted by atomic mass is 16.5. The maximum Gasteiger partial charge on any atom is 0.224 e. The van der Waals surface area contributed by atoms with Crippen LogP contribution in [0.15, 0.2) is 0 Å². The van der Waals surface area contributed by atoms with Crippen molar-refractivity contribution in [1.29, 1.82) is 5.26 Å². The molecule has 2 heterocycles. The molecule has 7 nitrogen and oxygen atoms in total. The first-order chi connectivity index (χ1) is 15.5. The molecule has 1 N–H and O–H groups in total. The first-order valence-corrected chi connectivity index (χ1v) is 12.8. The van der Waals surface area contributed by atoms with Gasteiger partial charge >= 0.3 is 0 Å². The van der Waals surface area contributed by atoms with E-state index in [2.05, 4.69) is 30.1 Å². The minimum atomic E-state index is -0.841. The quantitative estimate of drug-likeness (QED) is 0.588. The van der Waals surface area contributed by atoms with Crippen LogP contribution in [-0.4, -0.2) is 72.6 Å². The summed E-state index contributed by atoms with van der Waals surface area (Å²) in [5.74, 6) is 0.0750. The van der Waals surface area contributed by atoms with Crippen LogP contribution >= 0.6 is 0 Å². The highest BCUT2D eigenvalue weighted by Crippen LogP contribution is 2.32. The predicted molar refractivity (Wildman–Crippen MR) is 124 cm³/mol. The van der Waals surface area contributed by atoms with Crippen LogP contribution in [0, 0.1) is 23.2 Å². The summed E-state index contributed by atoms with van der Waals surface area (Å²) in [4.78, 5) is 30.6. The van der Waals surface area contributed by atoms with Crippen LogP contribution in [0.1, 0.15) is 78.1 Å². The largest absolute Gasteiger partial charge is 0.378 e. The van der Waals surface area contributed by atoms with Gasteiger partial charge in [-0.2, -0.15) is 5.26 Å². The molecule has 7 heteroatoms. The summed E-state index contributed by atoms with van der Waals surface area (Å²) in [5.41, 5.74) is -0.841. The Balaban J connectivity index is 1.67. The lowest BCUT2D eigenvalue weighted by Crippen LogP contribution is -2.53. The molecule has 0 aromatic rings. The number of nitrogens with one attached hydrogen (secondary N) is 1. The third-order valence-electron chi connectivity index (χ3n) is 7.83. The van der Waals surface area contributed by atoms with Crippen molar-refractivity contribution in [1.82, 2.24) is 15.1 Å². The number of likely N-dealkylation sites (tertiary alicyclic amines) is 1. The first kappa shape index (κ1) is 25.0. The molecule has 1 saturated carbocycles. The molecule has 2 atom stereocenters. The van der Waals surface area contributed by atoms with Crippen molar-refractivity contribution in [3.63, 3.8) is 0 Å². The number of nitrogens with zero attached hydrogens (tertiary/aromatic N) is 3. The maximum absolute atomic E-state index is 13.5. The molecule has 3 aliphatic rings. The molecule has 2 saturated heterocycles. The van der Waals surface area contributed by atoms with Crippen molar-refractivity contribution in [2.45, 2.75) is 89.6 Å². The fourth-order valence-corrected chi connectivity index (χ4v) is 5.78. The van der Waals surface area contributed by atoms with Gasteiger partial charge in [-0.25, -0.2) is 0 Å². The van der Waals surface area contributed by atoms with E-state index >= 15 is 0 Å². The summed E-state index contributed by atoms with van der Waals surface area (Å²) in [7, 11) is 0. The van der Waals surface area contributed by atoms with Gasteiger partial charge in [-0.3, -0.25) is 14.5 Å². The second-order valence-corrected chi connectivity index (χ2v) is 10.0. The fraction of sp³-hybridized carbons (Fsp3) is 0.880. The molecule has 3 fully saturated rings. The van der Waals surface area contributed by atoms with Gasteiger partial charge in [0.1, 0.15) is 5.54 Å². The van der Waals surface area contributed by atoms with Crippen molar-refractivity contribution in [3.8, 4) is 6.07 Å². The average Bonchev–Trinajstić information content (AvgIpc) is 3.24. The predicted octanol–water partition coefficient (Wildman–Crippen LogP) is 3.09. The highest BCUT2D eigenvalue weighted by molar-refractivity contribution is 5.86. The van der Waals surface area contributed by atoms with E-state index in [1.807, 2.05) is 4.90 Å². The normalized spacial score (nSPS) is 26.1. The zero-order valence-electron chi connectivity index (χ0n) is 20.1. The summed E-state index contributed by atoms with van der Waals surface area (Å²) in [5, 5.41) is 13.2. The zero-order chi connectivity index (χ0) is 23.0. The molecular formula is C25H42N4O3. The van der Waals surface area contributed by atoms with Gasteiger partial charge in [0.15, 0.2) is 0 Å². The summed E-state index contributed by atoms with van der Waals surface area (Å²) >= 11 is 0. The zero-order valence-corrected chi connectivity index (χ0v) is 20.1. The minimum Gasteiger partial charge on any atom is -0.378 e. The Morgan fingerprint density at radius 3 is 2.44 bits per heavy atom. The Morgan fingerprint density at radius 1 is 1.12 bits per heavy atom. The number of rotatable bonds is 9. The van der Waals surface area contributed by atoms with Crippen LogP contribution in [0.3, 0.4) is 0 Å². The van der Waals surface area contributed by atoms with Gasteiger partial charge in [0.05, 0.1) is 19.3 Å². The molecule has 2 aliphatic heterocycles. The Labute approximate surface area is 193 Å². The molecule has 3 rings (SSSR count). The molecule has 0 spiro atoms. The van der Waals surface area contributed by atoms with Crippen LogP contribution in [-0.2, 0) is 14.3 Å². The van der Waals surface area contributed by atoms with Gasteiger partial charge < -0.3 is 15.0 Å². The molecule has 0 aromatic heterocycles. The number of ether oxygens (including phenoxy) is 1. The molecule has 0 radical (unpaired) electrons. The lowest BCUT2D eigenvalue weighted by Gasteiger charge is -2.32. The van der Waals surface area contributed by atoms with E-state index in [0.29, 0.717) is 51.2 Å². The summed E-state index contributed by atoms with van der Waals surface area (Å²) in [6.45, 7) is 8.10. The molecule has 32 heavy (non-hydrogen) atoms. The van der Waals surface area contributed by atoms with E-state index in [9.17, 15) is 14.9 Å². The van der Waals surface area contributed by atoms with Gasteiger partial charge in [0, 0.05) is 44.6 Å². The number of morpholine rings is 1. The summed E-state index contributed by atoms with van der Waals surface area (Å²) in [6.07, 6.45) is 9.70. The number of hydrogen-bond acceptors (Lipinski definition) is 5. The van der Waals surface area contributed by atoms with Crippen LogP contribution < -0.4 is 5.32 Å². The number of nitriles is 1. The highest BCUT2D eigenvalue weighted by Gasteiger charge is 2.43. The van der Waals surface area contributed by atoms with E-state index in [0.717, 1.165) is 38.6 Å². The first-order valence-electron chi connectivity index (χ1n) is 12.8. The number of carbonyl (C=O) groups is 2. The smallest absolute Gasteiger partial charge is 0.224 e. The minimum absolute atomic E-state index is 0.0420. The van der Waals surface area contributed by atoms with Gasteiger partial charge in [-0.05, 0) is 31.6 Å². The van der Waals surface area contributed by atoms with Crippen molar-refractivity contribution in [2.24, 2.45) is 11.8 Å². The monoisotopic (exact) mass is 446 g/mol. The van der Waals surface area contributed by atoms with E-state index in [-0.39, 0.29) is 24.2 Å². The fourth-order valence-electron chi connectivity index (χ4n) is 5.78. The Kier molecular flexibility index (Phi) is 9.36. The second-order valence-electron chi connectivity index (χ2n) is 10.0. The van der Waals surface area contributed by atoms with E-state index in [1.165, 1.54) is 19.3 Å². The van der Waals surface area contributed by atoms with Crippen molar-refractivity contribution in [2.75, 3.05) is 39.4 Å². The third kappa shape index (κ3) is 6.45. The summed E-state index contributed by atoms with van der Waals surface area (Å²) < 4.78 is 5.37. The van der Waals surface area contributed by atoms with Gasteiger partial charge in [-0.15, -0.1) is 0 Å². The standard InChI is InChI=1S/C25H42N4O3/c1-3-22(4-2)29-11-10-25(18-26,19-29)27-24(31)21(16-20-8-6-5-7-9-20)17-23(30)28-12-14-32-15-13-28/h20-22H,3-17,19H2,1-2H3,(H,27,31). The number of hydrogen-bond donors (Lipinski definition) is 1. The van der Waals surface area contributed by atoms with E-state index in [1.54, 1.807) is 0 Å². The molecule has 180 valence electrons. The van der Waals surface area contributed by atoms with Gasteiger partial charge in [0.25, 0.3) is 0 Å². The molecule has 1 aliphatic carbocycles. The van der Waals surface area contributed by atoms with E-state index in [4.69, 9.17) is 4.74 Å². The van der Waals surface area contributed by atoms with Crippen LogP contribution in [0.5, 0.6) is 0 Å². The lowest BCUT2D eigenvalue weighted by atomic mass is 9.81. The number of carbonyl (C=O) groups excluding carboxylic acids is 2. The second kappa shape index (κ2) is 12.0. The lowest BCUT2D eigenvalue weighted by molar-refractivity contribution is -0.140. The van der Waals surface area contributed by atoms with Gasteiger partial charge in [-0.1, -0.05) is 46.0 Å². The SMILES string of the molecule is CCC(CC)N1CCC(C#N)(NC(=O)C(CC(=O)N2CCOCC2)CC2CCCCC2)C1. The average molecular weight is 447 g/mol. The third-order valence-corrected chi connectivity index (χ3v) is 7.83. The van der Waals surface area contributed by atoms with E-state index < -0.39 is 5.54 Å². The molecule has 0 aromatic carbocycles. The van der Waals surface area contributed by atoms with Crippen LogP contribution in [0.25, 0.3) is 0 Å². The Hall–Kier alpha value is -1.65. The Morgan fingerprint density at radius 2 is 1.81 bits per heavy atom. The van der Waals surface area contributed by atoms with Crippen LogP contribution in [0.4, 0.5) is 0 Å². The molecule has 0 bridgehead atoms. The van der Waals surface area contributed by atoms with Crippen molar-refractivity contribution in [3.05, 3.63) is 0 Å². The number of amides is 2. The van der Waals surface area contributed by atoms with Crippen molar-refractivity contribution < 1.29 is 14.3 Å². The topological polar surface area (TPSA) is 85.7 Å². The molecule has 2 amide bonds. The van der Waals surface area contributed by atoms with Gasteiger partial charge in [0.2, 0.25) is 11.8 Å².